The van der Waals surface area contributed by atoms with Gasteiger partial charge in [0.1, 0.15) is 11.9 Å². The van der Waals surface area contributed by atoms with Gasteiger partial charge in [0, 0.05) is 19.2 Å². The average Bonchev–Trinajstić information content (AvgIpc) is 2.33. The highest BCUT2D eigenvalue weighted by Crippen LogP contribution is 2.19. The van der Waals surface area contributed by atoms with E-state index in [1.165, 1.54) is 0 Å². The van der Waals surface area contributed by atoms with Gasteiger partial charge in [0.05, 0.1) is 13.3 Å². The molecule has 0 unspecified atom stereocenters. The second kappa shape index (κ2) is 5.16. The Balaban J connectivity index is 1.88. The van der Waals surface area contributed by atoms with E-state index in [4.69, 9.17) is 9.47 Å². The van der Waals surface area contributed by atoms with Crippen molar-refractivity contribution in [2.24, 2.45) is 0 Å². The lowest BCUT2D eigenvalue weighted by Gasteiger charge is -2.29. The topological polar surface area (TPSA) is 34.6 Å². The summed E-state index contributed by atoms with van der Waals surface area (Å²) in [4.78, 5) is 6.45. The van der Waals surface area contributed by atoms with E-state index >= 15 is 0 Å². The van der Waals surface area contributed by atoms with Crippen molar-refractivity contribution in [3.05, 3.63) is 18.3 Å². The quantitative estimate of drug-likeness (QED) is 0.777. The number of likely N-dealkylation sites (tertiary alicyclic amines) is 1. The SMILES string of the molecule is COc1ccc(OC2CCN(C)CC2)cn1. The number of nitrogens with zero attached hydrogens (tertiary/aromatic N) is 2. The summed E-state index contributed by atoms with van der Waals surface area (Å²) in [5, 5.41) is 0. The Hall–Kier alpha value is -1.29. The first-order valence-electron chi connectivity index (χ1n) is 5.63. The van der Waals surface area contributed by atoms with Gasteiger partial charge < -0.3 is 14.4 Å². The third-order valence-corrected chi connectivity index (χ3v) is 2.89. The zero-order valence-electron chi connectivity index (χ0n) is 9.85. The molecule has 0 amide bonds. The number of pyridine rings is 1. The molecule has 1 aliphatic heterocycles. The van der Waals surface area contributed by atoms with Crippen LogP contribution in [0.25, 0.3) is 0 Å². The van der Waals surface area contributed by atoms with E-state index in [0.717, 1.165) is 31.7 Å². The van der Waals surface area contributed by atoms with Crippen LogP contribution < -0.4 is 9.47 Å². The molecular formula is C12H18N2O2. The molecule has 16 heavy (non-hydrogen) atoms. The maximum Gasteiger partial charge on any atom is 0.213 e. The number of hydrogen-bond acceptors (Lipinski definition) is 4. The Kier molecular flexibility index (Phi) is 3.62. The van der Waals surface area contributed by atoms with Crippen LogP contribution in [-0.4, -0.2) is 43.2 Å². The van der Waals surface area contributed by atoms with E-state index in [1.54, 1.807) is 13.3 Å². The molecule has 0 radical (unpaired) electrons. The van der Waals surface area contributed by atoms with Gasteiger partial charge in [-0.2, -0.15) is 0 Å². The van der Waals surface area contributed by atoms with E-state index in [9.17, 15) is 0 Å². The van der Waals surface area contributed by atoms with Crippen LogP contribution in [0.4, 0.5) is 0 Å². The van der Waals surface area contributed by atoms with Gasteiger partial charge in [0.25, 0.3) is 0 Å². The monoisotopic (exact) mass is 222 g/mol. The Bertz CT molecular complexity index is 318. The maximum absolute atomic E-state index is 5.86. The summed E-state index contributed by atoms with van der Waals surface area (Å²) < 4.78 is 10.9. The van der Waals surface area contributed by atoms with E-state index in [0.29, 0.717) is 12.0 Å². The second-order valence-electron chi connectivity index (χ2n) is 4.16. The van der Waals surface area contributed by atoms with Gasteiger partial charge in [-0.05, 0) is 26.0 Å². The molecule has 2 heterocycles. The predicted octanol–water partition coefficient (Wildman–Crippen LogP) is 1.56. The van der Waals surface area contributed by atoms with Gasteiger partial charge in [-0.25, -0.2) is 4.98 Å². The number of methoxy groups -OCH3 is 1. The fourth-order valence-corrected chi connectivity index (χ4v) is 1.85. The summed E-state index contributed by atoms with van der Waals surface area (Å²) in [7, 11) is 3.75. The fraction of sp³-hybridized carbons (Fsp3) is 0.583. The second-order valence-corrected chi connectivity index (χ2v) is 4.16. The Morgan fingerprint density at radius 3 is 2.62 bits per heavy atom. The lowest BCUT2D eigenvalue weighted by molar-refractivity contribution is 0.114. The Morgan fingerprint density at radius 2 is 2.06 bits per heavy atom. The van der Waals surface area contributed by atoms with Crippen LogP contribution in [0.15, 0.2) is 18.3 Å². The summed E-state index contributed by atoms with van der Waals surface area (Å²) in [6.45, 7) is 2.21. The van der Waals surface area contributed by atoms with Crippen LogP contribution in [0, 0.1) is 0 Å². The molecule has 4 heteroatoms. The van der Waals surface area contributed by atoms with Crippen molar-refractivity contribution in [1.82, 2.24) is 9.88 Å². The molecular weight excluding hydrogens is 204 g/mol. The van der Waals surface area contributed by atoms with Crippen molar-refractivity contribution in [2.75, 3.05) is 27.2 Å². The van der Waals surface area contributed by atoms with Crippen LogP contribution in [0.1, 0.15) is 12.8 Å². The molecule has 1 fully saturated rings. The molecule has 0 spiro atoms. The Morgan fingerprint density at radius 1 is 1.31 bits per heavy atom. The van der Waals surface area contributed by atoms with Crippen LogP contribution in [0.5, 0.6) is 11.6 Å². The lowest BCUT2D eigenvalue weighted by atomic mass is 10.1. The van der Waals surface area contributed by atoms with E-state index in [-0.39, 0.29) is 0 Å². The van der Waals surface area contributed by atoms with Gasteiger partial charge in [0.2, 0.25) is 5.88 Å². The number of hydrogen-bond donors (Lipinski definition) is 0. The number of aromatic nitrogens is 1. The molecule has 0 atom stereocenters. The lowest BCUT2D eigenvalue weighted by Crippen LogP contribution is -2.35. The molecule has 1 saturated heterocycles. The van der Waals surface area contributed by atoms with Gasteiger partial charge >= 0.3 is 0 Å². The normalized spacial score (nSPS) is 18.4. The largest absolute Gasteiger partial charge is 0.489 e. The zero-order valence-corrected chi connectivity index (χ0v) is 9.85. The van der Waals surface area contributed by atoms with Crippen molar-refractivity contribution in [3.63, 3.8) is 0 Å². The highest BCUT2D eigenvalue weighted by atomic mass is 16.5. The summed E-state index contributed by atoms with van der Waals surface area (Å²) in [6, 6.07) is 3.73. The molecule has 2 rings (SSSR count). The minimum Gasteiger partial charge on any atom is -0.489 e. The van der Waals surface area contributed by atoms with Gasteiger partial charge in [-0.3, -0.25) is 0 Å². The zero-order chi connectivity index (χ0) is 11.4. The summed E-state index contributed by atoms with van der Waals surface area (Å²) >= 11 is 0. The van der Waals surface area contributed by atoms with Crippen molar-refractivity contribution in [1.29, 1.82) is 0 Å². The van der Waals surface area contributed by atoms with Crippen LogP contribution in [-0.2, 0) is 0 Å². The molecule has 88 valence electrons. The van der Waals surface area contributed by atoms with Crippen molar-refractivity contribution >= 4 is 0 Å². The molecule has 0 bridgehead atoms. The van der Waals surface area contributed by atoms with Crippen LogP contribution >= 0.6 is 0 Å². The van der Waals surface area contributed by atoms with Crippen molar-refractivity contribution < 1.29 is 9.47 Å². The standard InChI is InChI=1S/C12H18N2O2/c1-14-7-5-10(6-8-14)16-11-3-4-12(15-2)13-9-11/h3-4,9-10H,5-8H2,1-2H3. The molecule has 1 aromatic rings. The van der Waals surface area contributed by atoms with E-state index in [2.05, 4.69) is 16.9 Å². The highest BCUT2D eigenvalue weighted by molar-refractivity contribution is 5.23. The molecule has 0 aromatic carbocycles. The third-order valence-electron chi connectivity index (χ3n) is 2.89. The summed E-state index contributed by atoms with van der Waals surface area (Å²) in [6.07, 6.45) is 4.22. The predicted molar refractivity (Wildman–Crippen MR) is 61.9 cm³/mol. The van der Waals surface area contributed by atoms with Gasteiger partial charge in [-0.15, -0.1) is 0 Å². The Labute approximate surface area is 96.2 Å². The summed E-state index contributed by atoms with van der Waals surface area (Å²) in [5.74, 6) is 1.45. The molecule has 0 N–H and O–H groups in total. The number of ether oxygens (including phenoxy) is 2. The first-order chi connectivity index (χ1) is 7.78. The van der Waals surface area contributed by atoms with Crippen molar-refractivity contribution in [3.8, 4) is 11.6 Å². The molecule has 1 aromatic heterocycles. The van der Waals surface area contributed by atoms with Crippen LogP contribution in [0.2, 0.25) is 0 Å². The van der Waals surface area contributed by atoms with Crippen LogP contribution in [0.3, 0.4) is 0 Å². The molecule has 0 aliphatic carbocycles. The molecule has 4 nitrogen and oxygen atoms in total. The summed E-state index contributed by atoms with van der Waals surface area (Å²) in [5.41, 5.74) is 0. The minimum absolute atomic E-state index is 0.325. The number of piperidine rings is 1. The van der Waals surface area contributed by atoms with Crippen molar-refractivity contribution in [2.45, 2.75) is 18.9 Å². The van der Waals surface area contributed by atoms with Gasteiger partial charge in [0.15, 0.2) is 0 Å². The first kappa shape index (κ1) is 11.2. The average molecular weight is 222 g/mol. The maximum atomic E-state index is 5.86. The minimum atomic E-state index is 0.325. The molecule has 1 aliphatic rings. The third kappa shape index (κ3) is 2.85. The van der Waals surface area contributed by atoms with E-state index < -0.39 is 0 Å². The molecule has 0 saturated carbocycles. The number of rotatable bonds is 3. The first-order valence-corrected chi connectivity index (χ1v) is 5.63. The van der Waals surface area contributed by atoms with Gasteiger partial charge in [-0.1, -0.05) is 0 Å². The fourth-order valence-electron chi connectivity index (χ4n) is 1.85. The highest BCUT2D eigenvalue weighted by Gasteiger charge is 2.17. The van der Waals surface area contributed by atoms with E-state index in [1.807, 2.05) is 12.1 Å². The smallest absolute Gasteiger partial charge is 0.213 e.